The molecule has 2 aliphatic heterocycles. The van der Waals surface area contributed by atoms with Gasteiger partial charge in [-0.25, -0.2) is 0 Å². The van der Waals surface area contributed by atoms with Gasteiger partial charge in [-0.2, -0.15) is 0 Å². The fraction of sp³-hybridized carbons (Fsp3) is 0.900. The average Bonchev–Trinajstić information content (AvgIpc) is 3.04. The van der Waals surface area contributed by atoms with Crippen molar-refractivity contribution in [3.05, 3.63) is 11.1 Å². The van der Waals surface area contributed by atoms with E-state index in [-0.39, 0.29) is 36.6 Å². The summed E-state index contributed by atoms with van der Waals surface area (Å²) in [5, 5.41) is 41.6. The second kappa shape index (κ2) is 5.52. The minimum Gasteiger partial charge on any atom is -0.396 e. The second-order valence-corrected chi connectivity index (χ2v) is 9.43. The summed E-state index contributed by atoms with van der Waals surface area (Å²) in [7, 11) is 0. The largest absolute Gasteiger partial charge is 0.396 e. The van der Waals surface area contributed by atoms with Crippen molar-refractivity contribution in [3.63, 3.8) is 0 Å². The summed E-state index contributed by atoms with van der Waals surface area (Å²) in [5.74, 6) is -1.77. The van der Waals surface area contributed by atoms with Crippen molar-refractivity contribution in [2.75, 3.05) is 13.2 Å². The van der Waals surface area contributed by atoms with Crippen LogP contribution < -0.4 is 0 Å². The summed E-state index contributed by atoms with van der Waals surface area (Å²) >= 11 is 0. The Hall–Kier alpha value is -0.460. The van der Waals surface area contributed by atoms with Crippen LogP contribution in [0, 0.1) is 28.6 Å². The normalized spacial score (nSPS) is 52.9. The van der Waals surface area contributed by atoms with Crippen LogP contribution in [0.3, 0.4) is 0 Å². The van der Waals surface area contributed by atoms with Crippen molar-refractivity contribution in [1.29, 1.82) is 0 Å². The third-order valence-electron chi connectivity index (χ3n) is 8.24. The smallest absolute Gasteiger partial charge is 0.198 e. The Morgan fingerprint density at radius 2 is 1.92 bits per heavy atom. The molecule has 4 N–H and O–H groups in total. The van der Waals surface area contributed by atoms with E-state index in [4.69, 9.17) is 4.74 Å². The third kappa shape index (κ3) is 2.08. The zero-order valence-electron chi connectivity index (χ0n) is 15.5. The first-order valence-electron chi connectivity index (χ1n) is 9.75. The van der Waals surface area contributed by atoms with Crippen LogP contribution in [0.1, 0.15) is 52.9 Å². The lowest BCUT2D eigenvalue weighted by Gasteiger charge is -2.58. The Morgan fingerprint density at radius 3 is 2.56 bits per heavy atom. The summed E-state index contributed by atoms with van der Waals surface area (Å²) in [6.45, 7) is 6.41. The standard InChI is InChI=1S/C20H32O5/c1-11(9-21)12-4-5-18(2)6-7-19(3)14(16(12)18)8-15-13(10-22)17(23)20(19,24)25-15/h11,13-15,17,21-24H,4-10H2,1-3H3/t11?,13-,14-,15-,17-,18-,19-,20-/m1/s1. The molecule has 0 spiro atoms. The molecule has 4 rings (SSSR count). The van der Waals surface area contributed by atoms with E-state index in [2.05, 4.69) is 13.8 Å². The molecular weight excluding hydrogens is 320 g/mol. The fourth-order valence-corrected chi connectivity index (χ4v) is 6.46. The minimum absolute atomic E-state index is 0.121. The van der Waals surface area contributed by atoms with Gasteiger partial charge in [0.05, 0.1) is 12.7 Å². The summed E-state index contributed by atoms with van der Waals surface area (Å²) in [6.07, 6.45) is 3.24. The van der Waals surface area contributed by atoms with E-state index in [1.54, 1.807) is 0 Å². The molecule has 0 amide bonds. The molecule has 0 radical (unpaired) electrons. The predicted octanol–water partition coefficient (Wildman–Crippen LogP) is 1.59. The highest BCUT2D eigenvalue weighted by Crippen LogP contribution is 2.68. The van der Waals surface area contributed by atoms with Gasteiger partial charge in [0.2, 0.25) is 0 Å². The van der Waals surface area contributed by atoms with Gasteiger partial charge in [0.25, 0.3) is 0 Å². The Balaban J connectivity index is 1.84. The Morgan fingerprint density at radius 1 is 1.20 bits per heavy atom. The molecule has 3 fully saturated rings. The molecule has 8 atom stereocenters. The lowest BCUT2D eigenvalue weighted by Crippen LogP contribution is -2.62. The van der Waals surface area contributed by atoms with Crippen LogP contribution in [0.5, 0.6) is 0 Å². The van der Waals surface area contributed by atoms with Crippen molar-refractivity contribution >= 4 is 0 Å². The van der Waals surface area contributed by atoms with Crippen LogP contribution in [0.15, 0.2) is 11.1 Å². The molecule has 0 aromatic rings. The first kappa shape index (κ1) is 17.9. The fourth-order valence-electron chi connectivity index (χ4n) is 6.46. The van der Waals surface area contributed by atoms with Crippen molar-refractivity contribution in [3.8, 4) is 0 Å². The Bertz CT molecular complexity index is 603. The van der Waals surface area contributed by atoms with Crippen LogP contribution in [0.4, 0.5) is 0 Å². The molecule has 2 bridgehead atoms. The van der Waals surface area contributed by atoms with Gasteiger partial charge in [-0.15, -0.1) is 0 Å². The van der Waals surface area contributed by atoms with Crippen molar-refractivity contribution in [2.24, 2.45) is 28.6 Å². The monoisotopic (exact) mass is 352 g/mol. The van der Waals surface area contributed by atoms with Crippen molar-refractivity contribution in [2.45, 2.75) is 70.9 Å². The van der Waals surface area contributed by atoms with Gasteiger partial charge >= 0.3 is 0 Å². The van der Waals surface area contributed by atoms with Gasteiger partial charge in [-0.05, 0) is 43.4 Å². The van der Waals surface area contributed by atoms with Crippen LogP contribution in [-0.2, 0) is 4.74 Å². The number of fused-ring (bicyclic) bond motifs is 6. The number of rotatable bonds is 3. The van der Waals surface area contributed by atoms with Gasteiger partial charge in [0, 0.05) is 23.9 Å². The summed E-state index contributed by atoms with van der Waals surface area (Å²) < 4.78 is 5.95. The molecule has 2 saturated heterocycles. The predicted molar refractivity (Wildman–Crippen MR) is 92.5 cm³/mol. The maximum absolute atomic E-state index is 11.4. The molecule has 25 heavy (non-hydrogen) atoms. The number of ether oxygens (including phenoxy) is 1. The SMILES string of the molecule is CC(CO)C1=C2[C@H]3C[C@H]4O[C@](O)([C@H](O)[C@@H]4CO)[C@]3(C)CC[C@@]2(C)CC1. The number of aliphatic hydroxyl groups is 4. The molecule has 5 heteroatoms. The van der Waals surface area contributed by atoms with Gasteiger partial charge in [-0.3, -0.25) is 0 Å². The molecule has 2 aliphatic carbocycles. The molecular formula is C20H32O5. The van der Waals surface area contributed by atoms with E-state index >= 15 is 0 Å². The Kier molecular flexibility index (Phi) is 3.96. The molecule has 1 unspecified atom stereocenters. The van der Waals surface area contributed by atoms with Gasteiger partial charge in [0.1, 0.15) is 6.10 Å². The van der Waals surface area contributed by atoms with E-state index in [1.165, 1.54) is 11.1 Å². The van der Waals surface area contributed by atoms with Gasteiger partial charge < -0.3 is 25.2 Å². The number of hydrogen-bond acceptors (Lipinski definition) is 5. The molecule has 142 valence electrons. The highest BCUT2D eigenvalue weighted by Gasteiger charge is 2.71. The van der Waals surface area contributed by atoms with E-state index in [9.17, 15) is 20.4 Å². The summed E-state index contributed by atoms with van der Waals surface area (Å²) in [6, 6.07) is 0. The third-order valence-corrected chi connectivity index (χ3v) is 8.24. The zero-order chi connectivity index (χ0) is 18.2. The minimum atomic E-state index is -1.60. The molecule has 4 aliphatic rings. The van der Waals surface area contributed by atoms with Crippen LogP contribution in [0.2, 0.25) is 0 Å². The number of aliphatic hydroxyl groups excluding tert-OH is 3. The topological polar surface area (TPSA) is 90.2 Å². The highest BCUT2D eigenvalue weighted by atomic mass is 16.7. The van der Waals surface area contributed by atoms with Crippen molar-refractivity contribution < 1.29 is 25.2 Å². The first-order valence-corrected chi connectivity index (χ1v) is 9.75. The van der Waals surface area contributed by atoms with E-state index in [0.717, 1.165) is 32.1 Å². The summed E-state index contributed by atoms with van der Waals surface area (Å²) in [4.78, 5) is 0. The van der Waals surface area contributed by atoms with Gasteiger partial charge in [0.15, 0.2) is 5.79 Å². The summed E-state index contributed by atoms with van der Waals surface area (Å²) in [5.41, 5.74) is 2.31. The molecule has 5 nitrogen and oxygen atoms in total. The molecule has 0 aromatic heterocycles. The van der Waals surface area contributed by atoms with Gasteiger partial charge in [-0.1, -0.05) is 31.9 Å². The number of hydrogen-bond donors (Lipinski definition) is 4. The second-order valence-electron chi connectivity index (χ2n) is 9.43. The van der Waals surface area contributed by atoms with Crippen molar-refractivity contribution in [1.82, 2.24) is 0 Å². The van der Waals surface area contributed by atoms with E-state index in [0.29, 0.717) is 0 Å². The van der Waals surface area contributed by atoms with Crippen LogP contribution in [0.25, 0.3) is 0 Å². The molecule has 0 aromatic carbocycles. The first-order chi connectivity index (χ1) is 11.7. The van der Waals surface area contributed by atoms with E-state index in [1.807, 2.05) is 6.92 Å². The van der Waals surface area contributed by atoms with E-state index < -0.39 is 23.2 Å². The molecule has 2 heterocycles. The highest BCUT2D eigenvalue weighted by molar-refractivity contribution is 5.37. The number of allylic oxidation sites excluding steroid dienone is 1. The molecule has 1 saturated carbocycles. The quantitative estimate of drug-likeness (QED) is 0.579. The lowest BCUT2D eigenvalue weighted by molar-refractivity contribution is -0.328. The zero-order valence-corrected chi connectivity index (χ0v) is 15.5. The maximum atomic E-state index is 11.4. The maximum Gasteiger partial charge on any atom is 0.198 e. The lowest BCUT2D eigenvalue weighted by atomic mass is 9.52. The van der Waals surface area contributed by atoms with Crippen LogP contribution in [-0.4, -0.2) is 51.6 Å². The Labute approximate surface area is 149 Å². The van der Waals surface area contributed by atoms with Crippen LogP contribution >= 0.6 is 0 Å². The average molecular weight is 352 g/mol.